The van der Waals surface area contributed by atoms with E-state index in [1.54, 1.807) is 0 Å². The van der Waals surface area contributed by atoms with Crippen LogP contribution < -0.4 is 62.2 Å². The quantitative estimate of drug-likeness (QED) is 0.0168. The largest absolute Gasteiger partial charge is 0.472 e. The number of nitrogen functional groups attached to an aromatic ring is 4. The zero-order chi connectivity index (χ0) is 97.8. The van der Waals surface area contributed by atoms with Crippen LogP contribution in [0, 0.1) is 0 Å². The van der Waals surface area contributed by atoms with Crippen LogP contribution in [0.5, 0.6) is 0 Å². The number of nitrogens with zero attached hydrogens (tertiary/aromatic N) is 13. The van der Waals surface area contributed by atoms with Crippen LogP contribution >= 0.6 is 54.8 Å². The minimum atomic E-state index is -6.10. The van der Waals surface area contributed by atoms with E-state index in [-0.39, 0.29) is 22.6 Å². The van der Waals surface area contributed by atoms with E-state index in [1.807, 2.05) is 4.98 Å². The Morgan fingerprint density at radius 1 is 0.415 bits per heavy atom. The standard InChI is InChI=1S/C61H83F3N21O43P7/c1-106-44-41(26(17-111-129(92,93)109-4)120-54(44)83-12-8-31(67)76-60(83)90)126-133(100,101)113-15-24-39(34(63)51(118-24)80-10-6-29(65)74-58(80)88)124-131(96,97)115-18-27-42(45(107-2)55(121-27)84-21-72-36-47(68)70-20-71-48(36)84)127-135(104,105)114-16-25-40(35(64)52(119-25)81-11-7-30(66)75-59(81)89)125-132(98,99)116-19-28-43(46(108-3)56(122-28)85-22-73-37-49(85)78-57(69)79-50(37)87)128-134(102,103)112-14-23-38(123-130(94,95)110-5)33(62)53(117-23)82-13-9-32(86)77-61(82)91/h6-13,20-28,31,33-35,38-46,51-56H,14-19,67H2,1-5H3,(H,76,90)(H,92,93)(H,94,95)(H,96,97)(H,98,99)(H,100,101)(H,102,103)(H,104,105)(H2,65,74,88)(H2,66,75,89)(H2,68,70,71)(H,77,86,91)(H3,69,78,79,87)/t23-,24-,25-,26-,27-,28-,31?,33+,34+,35+,38?,39?,40?,41?,42?,43?,44+,45+,46?,51-,52-,53-,54-,55-,56-/m1/s1. The van der Waals surface area contributed by atoms with E-state index < -0.39 is 305 Å². The molecule has 64 nitrogen and oxygen atoms in total. The number of urea groups is 1. The second-order valence-electron chi connectivity index (χ2n) is 29.3. The molecule has 20 N–H and O–H groups in total. The molecule has 7 aliphatic heterocycles. The van der Waals surface area contributed by atoms with Crippen molar-refractivity contribution < 1.29 is 190 Å². The fourth-order valence-corrected chi connectivity index (χ4v) is 20.7. The monoisotopic (exact) mass is 2070 g/mol. The number of nitrogens with two attached hydrogens (primary N) is 5. The summed E-state index contributed by atoms with van der Waals surface area (Å²) in [5, 5.41) is 2.36. The molecule has 7 aliphatic rings. The highest BCUT2D eigenvalue weighted by molar-refractivity contribution is 7.49. The number of anilines is 4. The third-order valence-electron chi connectivity index (χ3n) is 20.9. The molecular formula is C61H83F3N21O43P7. The first-order valence-electron chi connectivity index (χ1n) is 38.6. The van der Waals surface area contributed by atoms with Crippen molar-refractivity contribution in [1.82, 2.24) is 77.9 Å². The highest BCUT2D eigenvalue weighted by Crippen LogP contribution is 2.59. The maximum absolute atomic E-state index is 17.5. The van der Waals surface area contributed by atoms with Crippen molar-refractivity contribution in [3.8, 4) is 0 Å². The Hall–Kier alpha value is -8.29. The molecule has 7 aromatic rings. The Kier molecular flexibility index (Phi) is 31.1. The molecule has 14 rings (SSSR count). The van der Waals surface area contributed by atoms with Crippen molar-refractivity contribution in [2.24, 2.45) is 5.73 Å². The van der Waals surface area contributed by atoms with Gasteiger partial charge in [-0.15, -0.1) is 0 Å². The molecule has 746 valence electrons. The molecule has 15 unspecified atom stereocenters. The van der Waals surface area contributed by atoms with Crippen LogP contribution in [-0.4, -0.2) is 311 Å². The lowest BCUT2D eigenvalue weighted by atomic mass is 10.1. The number of fused-ring (bicyclic) bond motifs is 2. The van der Waals surface area contributed by atoms with Crippen LogP contribution in [0.2, 0.25) is 0 Å². The number of imidazole rings is 2. The Bertz CT molecular complexity index is 6230. The normalized spacial score (nSPS) is 33.1. The lowest BCUT2D eigenvalue weighted by molar-refractivity contribution is -0.0733. The van der Waals surface area contributed by atoms with Gasteiger partial charge in [-0.1, -0.05) is 0 Å². The summed E-state index contributed by atoms with van der Waals surface area (Å²) in [5.74, 6) is -1.57. The predicted molar refractivity (Wildman–Crippen MR) is 430 cm³/mol. The number of hydrogen-bond donors (Lipinski definition) is 15. The molecule has 0 saturated carbocycles. The van der Waals surface area contributed by atoms with E-state index in [2.05, 4.69) is 54.2 Å². The molecule has 0 bridgehead atoms. The zero-order valence-corrected chi connectivity index (χ0v) is 75.6. The minimum absolute atomic E-state index is 0.0989. The number of phosphoric ester groups is 7. The number of carbonyl (C=O) groups is 1. The molecule has 6 saturated heterocycles. The summed E-state index contributed by atoms with van der Waals surface area (Å²) < 4.78 is 277. The number of halogens is 3. The van der Waals surface area contributed by atoms with Gasteiger partial charge < -0.3 is 111 Å². The number of phosphoric acid groups is 7. The van der Waals surface area contributed by atoms with Gasteiger partial charge in [0, 0.05) is 66.4 Å². The predicted octanol–water partition coefficient (Wildman–Crippen LogP) is -3.15. The number of amides is 2. The zero-order valence-electron chi connectivity index (χ0n) is 69.3. The number of alkyl halides is 3. The van der Waals surface area contributed by atoms with E-state index in [4.69, 9.17) is 126 Å². The number of hydrogen-bond acceptors (Lipinski definition) is 48. The molecule has 0 aliphatic carbocycles. The van der Waals surface area contributed by atoms with Gasteiger partial charge in [0.2, 0.25) is 5.95 Å². The SMILES string of the molecule is COC1C(OP(=O)(O)OC[C@H]2O[C@@H](n3ccc(=O)[nH]c3=O)[C@@H](F)C2OP(=O)(O)OC)[C@@H](COP(=O)(O)OC2[C@@H](COP(=O)(O)OC3[C@@H](COP(=O)(O)OC4[C@@H](COP(=O)(O)OC5[C@@H](COP(=O)(O)OC)O[C@@H](N6C=CC(N)NC6=O)[C@H]5OC)O[C@@H](n5ccc(N)nc5=O)[C@H]4F)O[C@@H](n4cnc5c(N)ncnc54)[C@H]3OC)O[C@@H](n3ccc(N)nc3=O)[C@H]2F)O[C@H]1n1cnc2c(=O)[nH]c(N)nc21. The number of carbonyl (C=O) groups excluding carboxylic acids is 1. The minimum Gasteiger partial charge on any atom is -0.383 e. The third kappa shape index (κ3) is 22.9. The molecule has 14 heterocycles. The second-order valence-corrected chi connectivity index (χ2v) is 39.5. The van der Waals surface area contributed by atoms with E-state index in [1.165, 1.54) is 6.08 Å². The van der Waals surface area contributed by atoms with Crippen molar-refractivity contribution in [3.63, 3.8) is 0 Å². The number of aromatic amines is 2. The molecule has 0 aromatic carbocycles. The molecule has 6 fully saturated rings. The maximum Gasteiger partial charge on any atom is 0.472 e. The van der Waals surface area contributed by atoms with Crippen LogP contribution in [0.1, 0.15) is 31.1 Å². The van der Waals surface area contributed by atoms with Crippen LogP contribution in [-0.2, 0) is 138 Å². The Morgan fingerprint density at radius 2 is 0.778 bits per heavy atom. The van der Waals surface area contributed by atoms with Crippen LogP contribution in [0.25, 0.3) is 22.3 Å². The van der Waals surface area contributed by atoms with Gasteiger partial charge >= 0.3 is 77.9 Å². The fourth-order valence-electron chi connectivity index (χ4n) is 14.8. The summed E-state index contributed by atoms with van der Waals surface area (Å²) in [6.45, 7) is -8.16. The number of methoxy groups -OCH3 is 3. The van der Waals surface area contributed by atoms with Crippen LogP contribution in [0.15, 0.2) is 92.0 Å². The van der Waals surface area contributed by atoms with Gasteiger partial charge in [-0.2, -0.15) is 15.0 Å². The van der Waals surface area contributed by atoms with Crippen molar-refractivity contribution in [2.75, 3.05) is 98.1 Å². The number of H-pyrrole nitrogens is 2. The van der Waals surface area contributed by atoms with Crippen LogP contribution in [0.4, 0.5) is 41.4 Å². The Labute approximate surface area is 749 Å². The van der Waals surface area contributed by atoms with E-state index in [0.717, 1.165) is 104 Å². The van der Waals surface area contributed by atoms with Gasteiger partial charge in [-0.3, -0.25) is 111 Å². The molecular weight excluding hydrogens is 1990 g/mol. The van der Waals surface area contributed by atoms with Gasteiger partial charge in [-0.05, 0) is 18.2 Å². The topological polar surface area (TPSA) is 868 Å². The summed E-state index contributed by atoms with van der Waals surface area (Å²) in [7, 11) is -35.5. The number of aromatic nitrogens is 14. The summed E-state index contributed by atoms with van der Waals surface area (Å²) in [6, 6.07) is 1.80. The molecule has 32 atom stereocenters. The molecule has 2 amide bonds. The van der Waals surface area contributed by atoms with Crippen molar-refractivity contribution in [3.05, 3.63) is 120 Å². The summed E-state index contributed by atoms with van der Waals surface area (Å²) in [6.07, 6.45) is -45.2. The van der Waals surface area contributed by atoms with Gasteiger partial charge in [0.05, 0.1) is 58.5 Å². The highest BCUT2D eigenvalue weighted by atomic mass is 31.2. The first kappa shape index (κ1) is 103. The van der Waals surface area contributed by atoms with Crippen molar-refractivity contribution in [1.29, 1.82) is 0 Å². The second kappa shape index (κ2) is 40.9. The molecule has 7 aromatic heterocycles. The molecule has 74 heteroatoms. The molecule has 0 spiro atoms. The first-order valence-corrected chi connectivity index (χ1v) is 49.0. The Balaban J connectivity index is 0.706. The highest BCUT2D eigenvalue weighted by Gasteiger charge is 2.60. The lowest BCUT2D eigenvalue weighted by Gasteiger charge is -2.33. The Morgan fingerprint density at radius 3 is 1.19 bits per heavy atom. The summed E-state index contributed by atoms with van der Waals surface area (Å²) in [5.41, 5.74) is 22.3. The summed E-state index contributed by atoms with van der Waals surface area (Å²) in [4.78, 5) is 188. The van der Waals surface area contributed by atoms with Gasteiger partial charge in [-0.25, -0.2) is 84.2 Å². The van der Waals surface area contributed by atoms with E-state index in [9.17, 15) is 95.0 Å². The fraction of sp³-hybridized carbons (Fsp3) is 0.590. The van der Waals surface area contributed by atoms with E-state index >= 15 is 13.2 Å². The van der Waals surface area contributed by atoms with Crippen LogP contribution in [0.3, 0.4) is 0 Å². The summed E-state index contributed by atoms with van der Waals surface area (Å²) >= 11 is 0. The average molecular weight is 2070 g/mol. The number of rotatable bonds is 41. The molecule has 0 radical (unpaired) electrons. The number of nitrogens with one attached hydrogen (secondary N) is 3. The smallest absolute Gasteiger partial charge is 0.383 e. The van der Waals surface area contributed by atoms with Gasteiger partial charge in [0.15, 0.2) is 78.5 Å². The molecule has 135 heavy (non-hydrogen) atoms. The third-order valence-corrected chi connectivity index (χ3v) is 27.7. The van der Waals surface area contributed by atoms with E-state index in [0.29, 0.717) is 20.8 Å². The van der Waals surface area contributed by atoms with Gasteiger partial charge in [0.1, 0.15) is 115 Å². The van der Waals surface area contributed by atoms with Gasteiger partial charge in [0.25, 0.3) is 11.1 Å². The maximum atomic E-state index is 17.5. The first-order chi connectivity index (χ1) is 63.5. The van der Waals surface area contributed by atoms with Crippen molar-refractivity contribution in [2.45, 2.75) is 154 Å². The average Bonchev–Trinajstić information content (AvgIpc) is 1.61. The number of ether oxygens (including phenoxy) is 9. The van der Waals surface area contributed by atoms with Crippen molar-refractivity contribution >= 4 is 107 Å². The lowest BCUT2D eigenvalue weighted by Crippen LogP contribution is -2.55.